The lowest BCUT2D eigenvalue weighted by Crippen LogP contribution is -2.05. The molecule has 16 heavy (non-hydrogen) atoms. The zero-order valence-corrected chi connectivity index (χ0v) is 9.99. The van der Waals surface area contributed by atoms with Crippen LogP contribution in [0.3, 0.4) is 0 Å². The van der Waals surface area contributed by atoms with Crippen LogP contribution >= 0.6 is 11.6 Å². The summed E-state index contributed by atoms with van der Waals surface area (Å²) >= 11 is 6.15. The lowest BCUT2D eigenvalue weighted by Gasteiger charge is -2.03. The van der Waals surface area contributed by atoms with Crippen molar-refractivity contribution in [3.8, 4) is 5.69 Å². The van der Waals surface area contributed by atoms with Gasteiger partial charge in [0.05, 0.1) is 22.6 Å². The molecule has 0 aliphatic carbocycles. The zero-order chi connectivity index (χ0) is 11.5. The summed E-state index contributed by atoms with van der Waals surface area (Å²) in [5, 5.41) is 11.8. The van der Waals surface area contributed by atoms with Crippen molar-refractivity contribution in [2.45, 2.75) is 13.5 Å². The first kappa shape index (κ1) is 11.1. The summed E-state index contributed by atoms with van der Waals surface area (Å²) in [7, 11) is 1.87. The van der Waals surface area contributed by atoms with Crippen LogP contribution in [0.25, 0.3) is 5.69 Å². The van der Waals surface area contributed by atoms with Gasteiger partial charge in [-0.15, -0.1) is 5.10 Å². The second-order valence-corrected chi connectivity index (χ2v) is 4.05. The van der Waals surface area contributed by atoms with Gasteiger partial charge in [0, 0.05) is 6.54 Å². The van der Waals surface area contributed by atoms with Crippen molar-refractivity contribution < 1.29 is 0 Å². The highest BCUT2D eigenvalue weighted by Crippen LogP contribution is 2.20. The number of nitrogens with one attached hydrogen (secondary N) is 1. The van der Waals surface area contributed by atoms with Crippen molar-refractivity contribution in [1.29, 1.82) is 0 Å². The summed E-state index contributed by atoms with van der Waals surface area (Å²) in [6.45, 7) is 2.70. The number of rotatable bonds is 3. The average molecular weight is 237 g/mol. The molecule has 2 rings (SSSR count). The van der Waals surface area contributed by atoms with Crippen molar-refractivity contribution in [2.24, 2.45) is 0 Å². The van der Waals surface area contributed by atoms with E-state index < -0.39 is 0 Å². The first-order valence-corrected chi connectivity index (χ1v) is 5.41. The van der Waals surface area contributed by atoms with E-state index in [4.69, 9.17) is 11.6 Å². The molecule has 0 amide bonds. The van der Waals surface area contributed by atoms with Crippen LogP contribution in [0.2, 0.25) is 5.02 Å². The third-order valence-electron chi connectivity index (χ3n) is 2.25. The molecular formula is C11H13ClN4. The highest BCUT2D eigenvalue weighted by Gasteiger charge is 2.05. The fraction of sp³-hybridized carbons (Fsp3) is 0.273. The van der Waals surface area contributed by atoms with Crippen LogP contribution in [0, 0.1) is 6.92 Å². The molecule has 0 saturated heterocycles. The Labute approximate surface area is 99.2 Å². The van der Waals surface area contributed by atoms with Crippen LogP contribution in [0.1, 0.15) is 11.3 Å². The van der Waals surface area contributed by atoms with Gasteiger partial charge >= 0.3 is 0 Å². The molecule has 0 saturated carbocycles. The van der Waals surface area contributed by atoms with Gasteiger partial charge in [-0.25, -0.2) is 4.68 Å². The first-order valence-electron chi connectivity index (χ1n) is 5.03. The van der Waals surface area contributed by atoms with Crippen molar-refractivity contribution in [1.82, 2.24) is 20.3 Å². The van der Waals surface area contributed by atoms with Gasteiger partial charge in [0.1, 0.15) is 0 Å². The molecule has 1 aromatic carbocycles. The molecule has 2 aromatic rings. The quantitative estimate of drug-likeness (QED) is 0.886. The number of benzene rings is 1. The Kier molecular flexibility index (Phi) is 3.22. The Hall–Kier alpha value is -1.39. The summed E-state index contributed by atoms with van der Waals surface area (Å²) in [4.78, 5) is 0. The van der Waals surface area contributed by atoms with Gasteiger partial charge in [-0.2, -0.15) is 0 Å². The summed E-state index contributed by atoms with van der Waals surface area (Å²) < 4.78 is 1.69. The Morgan fingerprint density at radius 2 is 2.25 bits per heavy atom. The normalized spacial score (nSPS) is 10.7. The molecule has 1 heterocycles. The van der Waals surface area contributed by atoms with Crippen LogP contribution in [0.5, 0.6) is 0 Å². The van der Waals surface area contributed by atoms with E-state index in [1.165, 1.54) is 0 Å². The molecule has 1 N–H and O–H groups in total. The van der Waals surface area contributed by atoms with Gasteiger partial charge in [0.25, 0.3) is 0 Å². The highest BCUT2D eigenvalue weighted by molar-refractivity contribution is 6.32. The van der Waals surface area contributed by atoms with E-state index in [0.717, 1.165) is 16.9 Å². The molecule has 84 valence electrons. The summed E-state index contributed by atoms with van der Waals surface area (Å²) in [6.07, 6.45) is 1.87. The minimum Gasteiger partial charge on any atom is -0.314 e. The fourth-order valence-electron chi connectivity index (χ4n) is 1.48. The third kappa shape index (κ3) is 2.23. The maximum atomic E-state index is 6.15. The minimum atomic E-state index is 0.681. The largest absolute Gasteiger partial charge is 0.314 e. The molecule has 0 aliphatic rings. The van der Waals surface area contributed by atoms with E-state index >= 15 is 0 Å². The molecule has 0 fully saturated rings. The van der Waals surface area contributed by atoms with E-state index in [9.17, 15) is 0 Å². The lowest BCUT2D eigenvalue weighted by molar-refractivity contribution is 0.767. The predicted octanol–water partition coefficient (Wildman–Crippen LogP) is 1.95. The summed E-state index contributed by atoms with van der Waals surface area (Å²) in [5.74, 6) is 0. The number of hydrogen-bond acceptors (Lipinski definition) is 3. The van der Waals surface area contributed by atoms with E-state index in [1.807, 2.05) is 38.4 Å². The van der Waals surface area contributed by atoms with Crippen molar-refractivity contribution in [3.05, 3.63) is 40.7 Å². The van der Waals surface area contributed by atoms with Crippen molar-refractivity contribution in [2.75, 3.05) is 7.05 Å². The molecule has 0 atom stereocenters. The van der Waals surface area contributed by atoms with E-state index in [1.54, 1.807) is 4.68 Å². The van der Waals surface area contributed by atoms with Gasteiger partial charge in [0.15, 0.2) is 0 Å². The standard InChI is InChI=1S/C11H13ClN4/c1-8-3-4-11(10(12)5-8)16-7-9(6-13-2)14-15-16/h3-5,7,13H,6H2,1-2H3. The first-order chi connectivity index (χ1) is 7.70. The monoisotopic (exact) mass is 236 g/mol. The zero-order valence-electron chi connectivity index (χ0n) is 9.24. The Morgan fingerprint density at radius 3 is 2.94 bits per heavy atom. The summed E-state index contributed by atoms with van der Waals surface area (Å²) in [5.41, 5.74) is 2.87. The van der Waals surface area contributed by atoms with Crippen molar-refractivity contribution >= 4 is 11.6 Å². The molecule has 1 aromatic heterocycles. The van der Waals surface area contributed by atoms with E-state index in [0.29, 0.717) is 11.6 Å². The molecule has 0 radical (unpaired) electrons. The van der Waals surface area contributed by atoms with Gasteiger partial charge in [-0.1, -0.05) is 22.9 Å². The molecular weight excluding hydrogens is 224 g/mol. The molecule has 0 bridgehead atoms. The third-order valence-corrected chi connectivity index (χ3v) is 2.55. The smallest absolute Gasteiger partial charge is 0.0969 e. The molecule has 0 unspecified atom stereocenters. The minimum absolute atomic E-state index is 0.681. The SMILES string of the molecule is CNCc1cn(-c2ccc(C)cc2Cl)nn1. The topological polar surface area (TPSA) is 42.7 Å². The van der Waals surface area contributed by atoms with Crippen LogP contribution in [-0.2, 0) is 6.54 Å². The maximum Gasteiger partial charge on any atom is 0.0969 e. The van der Waals surface area contributed by atoms with Gasteiger partial charge < -0.3 is 5.32 Å². The van der Waals surface area contributed by atoms with Gasteiger partial charge in [-0.05, 0) is 31.7 Å². The second-order valence-electron chi connectivity index (χ2n) is 3.64. The van der Waals surface area contributed by atoms with Crippen molar-refractivity contribution in [3.63, 3.8) is 0 Å². The Bertz CT molecular complexity index is 492. The molecule has 0 aliphatic heterocycles. The van der Waals surface area contributed by atoms with Gasteiger partial charge in [-0.3, -0.25) is 0 Å². The predicted molar refractivity (Wildman–Crippen MR) is 63.9 cm³/mol. The molecule has 0 spiro atoms. The van der Waals surface area contributed by atoms with Gasteiger partial charge in [0.2, 0.25) is 0 Å². The maximum absolute atomic E-state index is 6.15. The average Bonchev–Trinajstić information content (AvgIpc) is 2.67. The molecule has 4 nitrogen and oxygen atoms in total. The number of hydrogen-bond donors (Lipinski definition) is 1. The second kappa shape index (κ2) is 4.63. The van der Waals surface area contributed by atoms with E-state index in [2.05, 4.69) is 15.6 Å². The lowest BCUT2D eigenvalue weighted by atomic mass is 10.2. The molecule has 5 heteroatoms. The summed E-state index contributed by atoms with van der Waals surface area (Å²) in [6, 6.07) is 5.85. The Balaban J connectivity index is 2.35. The Morgan fingerprint density at radius 1 is 1.44 bits per heavy atom. The van der Waals surface area contributed by atoms with Crippen LogP contribution in [-0.4, -0.2) is 22.0 Å². The fourth-order valence-corrected chi connectivity index (χ4v) is 1.80. The number of aryl methyl sites for hydroxylation is 1. The number of nitrogens with zero attached hydrogens (tertiary/aromatic N) is 3. The van der Waals surface area contributed by atoms with Crippen LogP contribution in [0.15, 0.2) is 24.4 Å². The number of aromatic nitrogens is 3. The van der Waals surface area contributed by atoms with E-state index in [-0.39, 0.29) is 0 Å². The highest BCUT2D eigenvalue weighted by atomic mass is 35.5. The van der Waals surface area contributed by atoms with Crippen LogP contribution in [0.4, 0.5) is 0 Å². The number of halogens is 1. The van der Waals surface area contributed by atoms with Crippen LogP contribution < -0.4 is 5.32 Å².